The lowest BCUT2D eigenvalue weighted by atomic mass is 9.81. The zero-order chi connectivity index (χ0) is 8.48. The summed E-state index contributed by atoms with van der Waals surface area (Å²) in [6.07, 6.45) is 3.44. The van der Waals surface area contributed by atoms with E-state index >= 15 is 0 Å². The third kappa shape index (κ3) is 2.76. The standard InChI is InChI=1S/C6H14N2O2S/c1-5(6-3-2-4-6)8-11(7,9)10/h5-6,8H,2-4H2,1H3,(H2,7,9,10). The van der Waals surface area contributed by atoms with E-state index in [2.05, 4.69) is 4.72 Å². The van der Waals surface area contributed by atoms with Gasteiger partial charge in [0.2, 0.25) is 0 Å². The monoisotopic (exact) mass is 178 g/mol. The van der Waals surface area contributed by atoms with Gasteiger partial charge in [0.15, 0.2) is 0 Å². The van der Waals surface area contributed by atoms with Crippen LogP contribution in [-0.2, 0) is 10.2 Å². The van der Waals surface area contributed by atoms with Crippen molar-refractivity contribution < 1.29 is 8.42 Å². The van der Waals surface area contributed by atoms with Crippen molar-refractivity contribution in [3.8, 4) is 0 Å². The highest BCUT2D eigenvalue weighted by atomic mass is 32.2. The maximum atomic E-state index is 10.6. The smallest absolute Gasteiger partial charge is 0.216 e. The number of nitrogens with one attached hydrogen (secondary N) is 1. The molecule has 0 amide bonds. The van der Waals surface area contributed by atoms with Gasteiger partial charge in [-0.2, -0.15) is 13.1 Å². The topological polar surface area (TPSA) is 72.2 Å². The molecule has 3 N–H and O–H groups in total. The molecule has 4 nitrogen and oxygen atoms in total. The van der Waals surface area contributed by atoms with Gasteiger partial charge in [0.1, 0.15) is 0 Å². The molecule has 66 valence electrons. The van der Waals surface area contributed by atoms with Crippen molar-refractivity contribution in [2.75, 3.05) is 0 Å². The van der Waals surface area contributed by atoms with Gasteiger partial charge in [0, 0.05) is 6.04 Å². The van der Waals surface area contributed by atoms with E-state index in [0.29, 0.717) is 5.92 Å². The van der Waals surface area contributed by atoms with Crippen LogP contribution < -0.4 is 9.86 Å². The Balaban J connectivity index is 2.36. The zero-order valence-corrected chi connectivity index (χ0v) is 7.39. The van der Waals surface area contributed by atoms with Crippen molar-refractivity contribution in [3.05, 3.63) is 0 Å². The summed E-state index contributed by atoms with van der Waals surface area (Å²) < 4.78 is 23.5. The number of nitrogens with two attached hydrogens (primary N) is 1. The predicted octanol–water partition coefficient (Wildman–Crippen LogP) is -0.0319. The van der Waals surface area contributed by atoms with Gasteiger partial charge in [0.05, 0.1) is 0 Å². The predicted molar refractivity (Wildman–Crippen MR) is 43.0 cm³/mol. The number of rotatable bonds is 3. The van der Waals surface area contributed by atoms with E-state index in [4.69, 9.17) is 5.14 Å². The van der Waals surface area contributed by atoms with Crippen molar-refractivity contribution in [1.82, 2.24) is 4.72 Å². The molecular weight excluding hydrogens is 164 g/mol. The molecule has 1 saturated carbocycles. The minimum absolute atomic E-state index is 0.00116. The van der Waals surface area contributed by atoms with E-state index in [1.54, 1.807) is 0 Å². The molecule has 1 unspecified atom stereocenters. The van der Waals surface area contributed by atoms with E-state index in [0.717, 1.165) is 12.8 Å². The van der Waals surface area contributed by atoms with Crippen LogP contribution >= 0.6 is 0 Å². The first-order valence-electron chi connectivity index (χ1n) is 3.79. The zero-order valence-electron chi connectivity index (χ0n) is 6.58. The van der Waals surface area contributed by atoms with Crippen LogP contribution in [0, 0.1) is 5.92 Å². The molecule has 1 aliphatic rings. The van der Waals surface area contributed by atoms with Gasteiger partial charge < -0.3 is 0 Å². The van der Waals surface area contributed by atoms with E-state index in [9.17, 15) is 8.42 Å². The molecule has 1 fully saturated rings. The van der Waals surface area contributed by atoms with Crippen LogP contribution in [0.3, 0.4) is 0 Å². The average Bonchev–Trinajstić information content (AvgIpc) is 1.50. The summed E-state index contributed by atoms with van der Waals surface area (Å²) in [5, 5.41) is 4.81. The molecule has 1 atom stereocenters. The van der Waals surface area contributed by atoms with Gasteiger partial charge in [-0.3, -0.25) is 0 Å². The lowest BCUT2D eigenvalue weighted by Gasteiger charge is -2.31. The molecule has 1 rings (SSSR count). The van der Waals surface area contributed by atoms with Crippen molar-refractivity contribution >= 4 is 10.2 Å². The lowest BCUT2D eigenvalue weighted by molar-refractivity contribution is 0.260. The molecule has 0 aromatic heterocycles. The first kappa shape index (κ1) is 8.96. The Morgan fingerprint density at radius 3 is 2.36 bits per heavy atom. The van der Waals surface area contributed by atoms with Gasteiger partial charge >= 0.3 is 0 Å². The van der Waals surface area contributed by atoms with Crippen LogP contribution in [0.15, 0.2) is 0 Å². The minimum Gasteiger partial charge on any atom is -0.216 e. The van der Waals surface area contributed by atoms with Crippen molar-refractivity contribution in [2.24, 2.45) is 11.1 Å². The molecule has 0 aromatic rings. The molecule has 0 heterocycles. The Labute approximate surface area is 67.3 Å². The maximum absolute atomic E-state index is 10.6. The van der Waals surface area contributed by atoms with Gasteiger partial charge in [0.25, 0.3) is 10.2 Å². The minimum atomic E-state index is -3.49. The third-order valence-electron chi connectivity index (χ3n) is 2.21. The Hall–Kier alpha value is -0.130. The Morgan fingerprint density at radius 1 is 1.55 bits per heavy atom. The second kappa shape index (κ2) is 3.08. The lowest BCUT2D eigenvalue weighted by Crippen LogP contribution is -2.43. The molecule has 0 saturated heterocycles. The second-order valence-electron chi connectivity index (χ2n) is 3.14. The highest BCUT2D eigenvalue weighted by molar-refractivity contribution is 7.87. The molecule has 5 heteroatoms. The fourth-order valence-electron chi connectivity index (χ4n) is 1.30. The Kier molecular flexibility index (Phi) is 2.51. The maximum Gasteiger partial charge on any atom is 0.274 e. The largest absolute Gasteiger partial charge is 0.274 e. The van der Waals surface area contributed by atoms with Crippen LogP contribution in [0.25, 0.3) is 0 Å². The fraction of sp³-hybridized carbons (Fsp3) is 1.00. The summed E-state index contributed by atoms with van der Waals surface area (Å²) in [4.78, 5) is 0. The molecule has 0 bridgehead atoms. The first-order chi connectivity index (χ1) is 4.99. The summed E-state index contributed by atoms with van der Waals surface area (Å²) in [6.45, 7) is 1.86. The van der Waals surface area contributed by atoms with Crippen LogP contribution in [0.5, 0.6) is 0 Å². The van der Waals surface area contributed by atoms with E-state index in [1.165, 1.54) is 6.42 Å². The summed E-state index contributed by atoms with van der Waals surface area (Å²) in [6, 6.07) is -0.00116. The summed E-state index contributed by atoms with van der Waals surface area (Å²) >= 11 is 0. The molecule has 0 aliphatic heterocycles. The van der Waals surface area contributed by atoms with E-state index in [-0.39, 0.29) is 6.04 Å². The van der Waals surface area contributed by atoms with Crippen LogP contribution in [0.4, 0.5) is 0 Å². The molecular formula is C6H14N2O2S. The summed E-state index contributed by atoms with van der Waals surface area (Å²) in [5.74, 6) is 0.494. The number of hydrogen-bond donors (Lipinski definition) is 2. The average molecular weight is 178 g/mol. The fourth-order valence-corrected chi connectivity index (χ4v) is 2.01. The van der Waals surface area contributed by atoms with Crippen LogP contribution in [-0.4, -0.2) is 14.5 Å². The summed E-state index contributed by atoms with van der Waals surface area (Å²) in [5.41, 5.74) is 0. The second-order valence-corrected chi connectivity index (χ2v) is 4.47. The van der Waals surface area contributed by atoms with Gasteiger partial charge in [-0.1, -0.05) is 6.42 Å². The molecule has 1 aliphatic carbocycles. The van der Waals surface area contributed by atoms with Crippen molar-refractivity contribution in [1.29, 1.82) is 0 Å². The molecule has 11 heavy (non-hydrogen) atoms. The van der Waals surface area contributed by atoms with Crippen LogP contribution in [0.1, 0.15) is 26.2 Å². The van der Waals surface area contributed by atoms with Crippen LogP contribution in [0.2, 0.25) is 0 Å². The number of hydrogen-bond acceptors (Lipinski definition) is 2. The van der Waals surface area contributed by atoms with E-state index in [1.807, 2.05) is 6.92 Å². The Morgan fingerprint density at radius 2 is 2.09 bits per heavy atom. The van der Waals surface area contributed by atoms with Crippen molar-refractivity contribution in [2.45, 2.75) is 32.2 Å². The molecule has 0 spiro atoms. The highest BCUT2D eigenvalue weighted by Gasteiger charge is 2.25. The molecule has 0 aromatic carbocycles. The normalized spacial score (nSPS) is 22.7. The SMILES string of the molecule is CC(NS(N)(=O)=O)C1CCC1. The van der Waals surface area contributed by atoms with Gasteiger partial charge in [-0.15, -0.1) is 0 Å². The summed E-state index contributed by atoms with van der Waals surface area (Å²) in [7, 11) is -3.49. The first-order valence-corrected chi connectivity index (χ1v) is 5.34. The van der Waals surface area contributed by atoms with Gasteiger partial charge in [-0.05, 0) is 25.7 Å². The van der Waals surface area contributed by atoms with E-state index < -0.39 is 10.2 Å². The Bertz CT molecular complexity index is 221. The molecule has 0 radical (unpaired) electrons. The third-order valence-corrected chi connectivity index (χ3v) is 2.91. The van der Waals surface area contributed by atoms with Gasteiger partial charge in [-0.25, -0.2) is 5.14 Å². The quantitative estimate of drug-likeness (QED) is 0.637. The highest BCUT2D eigenvalue weighted by Crippen LogP contribution is 2.29. The van der Waals surface area contributed by atoms with Crippen molar-refractivity contribution in [3.63, 3.8) is 0 Å².